The summed E-state index contributed by atoms with van der Waals surface area (Å²) in [5, 5.41) is 15.2. The minimum absolute atomic E-state index is 0.00578. The molecule has 1 saturated carbocycles. The summed E-state index contributed by atoms with van der Waals surface area (Å²) in [5.41, 5.74) is 6.76. The smallest absolute Gasteiger partial charge is 0.328 e. The predicted molar refractivity (Wildman–Crippen MR) is 206 cm³/mol. The normalized spacial score (nSPS) is 19.4. The Morgan fingerprint density at radius 1 is 0.887 bits per heavy atom. The first-order chi connectivity index (χ1) is 25.9. The fourth-order valence-corrected chi connectivity index (χ4v) is 7.37. The molecule has 9 nitrogen and oxygen atoms in total. The molecule has 0 aromatic heterocycles. The minimum Gasteiger partial charge on any atom is -0.467 e. The van der Waals surface area contributed by atoms with Crippen LogP contribution in [0.25, 0.3) is 11.1 Å². The van der Waals surface area contributed by atoms with Gasteiger partial charge in [-0.3, -0.25) is 4.90 Å². The van der Waals surface area contributed by atoms with E-state index in [0.29, 0.717) is 12.5 Å². The van der Waals surface area contributed by atoms with Gasteiger partial charge in [0.15, 0.2) is 6.29 Å². The third-order valence-electron chi connectivity index (χ3n) is 10.2. The zero-order chi connectivity index (χ0) is 37.0. The number of amides is 2. The zero-order valence-corrected chi connectivity index (χ0v) is 30.5. The number of methoxy groups -OCH3 is 1. The maximum absolute atomic E-state index is 12.8. The van der Waals surface area contributed by atoms with Gasteiger partial charge in [0.1, 0.15) is 6.04 Å². The average molecular weight is 718 g/mol. The molecule has 4 aromatic rings. The van der Waals surface area contributed by atoms with Crippen molar-refractivity contribution < 1.29 is 28.9 Å². The molecule has 1 saturated heterocycles. The first-order valence-electron chi connectivity index (χ1n) is 18.6. The standard InChI is InChI=1S/C44H51N3O6/c1-3-24-47(38-14-7-8-15-38)29-39-27-41(35-18-16-32(30-48)17-19-35)53-43(52-39)36-22-20-34(21-23-36)37-13-9-12-33(25-37)28-45-44(50)46-40(42(49)51-2)26-31-10-5-4-6-11-31/h3-6,9-13,16-23,25,38-41,43,48H,1,7-8,14-15,24,26-30H2,2H3,(H2,45,46,50)/t39-,40-,41+,43+/m0/s1. The molecule has 6 rings (SSSR count). The molecule has 4 atom stereocenters. The highest BCUT2D eigenvalue weighted by Gasteiger charge is 2.34. The molecule has 3 N–H and O–H groups in total. The lowest BCUT2D eigenvalue weighted by molar-refractivity contribution is -0.253. The van der Waals surface area contributed by atoms with Crippen LogP contribution in [-0.4, -0.2) is 60.4 Å². The Hall–Kier alpha value is -4.80. The van der Waals surface area contributed by atoms with Crippen LogP contribution < -0.4 is 10.6 Å². The van der Waals surface area contributed by atoms with Crippen molar-refractivity contribution in [1.29, 1.82) is 0 Å². The molecule has 1 aliphatic carbocycles. The molecule has 0 bridgehead atoms. The van der Waals surface area contributed by atoms with Gasteiger partial charge in [-0.1, -0.05) is 116 Å². The van der Waals surface area contributed by atoms with Gasteiger partial charge in [-0.15, -0.1) is 6.58 Å². The number of urea groups is 1. The monoisotopic (exact) mass is 717 g/mol. The van der Waals surface area contributed by atoms with Crippen LogP contribution in [0.4, 0.5) is 4.79 Å². The molecule has 0 radical (unpaired) electrons. The minimum atomic E-state index is -0.805. The fourth-order valence-electron chi connectivity index (χ4n) is 7.37. The highest BCUT2D eigenvalue weighted by Crippen LogP contribution is 2.39. The van der Waals surface area contributed by atoms with E-state index in [1.807, 2.05) is 84.9 Å². The third-order valence-corrected chi connectivity index (χ3v) is 10.2. The van der Waals surface area contributed by atoms with Gasteiger partial charge in [0.05, 0.1) is 25.9 Å². The Labute approximate surface area is 313 Å². The number of ether oxygens (including phenoxy) is 3. The van der Waals surface area contributed by atoms with Crippen LogP contribution in [0.5, 0.6) is 0 Å². The molecule has 278 valence electrons. The van der Waals surface area contributed by atoms with Crippen molar-refractivity contribution in [3.05, 3.63) is 144 Å². The summed E-state index contributed by atoms with van der Waals surface area (Å²) in [4.78, 5) is 27.8. The Morgan fingerprint density at radius 3 is 2.30 bits per heavy atom. The summed E-state index contributed by atoms with van der Waals surface area (Å²) in [6, 6.07) is 33.1. The number of nitrogens with one attached hydrogen (secondary N) is 2. The zero-order valence-electron chi connectivity index (χ0n) is 30.5. The molecule has 4 aromatic carbocycles. The lowest BCUT2D eigenvalue weighted by Gasteiger charge is -2.39. The van der Waals surface area contributed by atoms with Crippen molar-refractivity contribution in [3.8, 4) is 11.1 Å². The summed E-state index contributed by atoms with van der Waals surface area (Å²) in [7, 11) is 1.32. The number of aliphatic hydroxyl groups excluding tert-OH is 1. The Bertz CT molecular complexity index is 1780. The van der Waals surface area contributed by atoms with Crippen molar-refractivity contribution in [2.24, 2.45) is 0 Å². The molecule has 0 spiro atoms. The number of aliphatic hydroxyl groups is 1. The first-order valence-corrected chi connectivity index (χ1v) is 18.6. The van der Waals surface area contributed by atoms with Crippen LogP contribution >= 0.6 is 0 Å². The van der Waals surface area contributed by atoms with Gasteiger partial charge >= 0.3 is 12.0 Å². The number of hydrogen-bond acceptors (Lipinski definition) is 7. The molecule has 2 amide bonds. The summed E-state index contributed by atoms with van der Waals surface area (Å²) in [6.45, 7) is 5.97. The van der Waals surface area contributed by atoms with E-state index in [9.17, 15) is 14.7 Å². The molecule has 1 heterocycles. The van der Waals surface area contributed by atoms with Crippen LogP contribution in [0.1, 0.15) is 72.3 Å². The maximum atomic E-state index is 12.8. The SMILES string of the molecule is C=CCN(C[C@@H]1C[C@H](c2ccc(CO)cc2)O[C@H](c2ccc(-c3cccc(CNC(=O)N[C@@H](Cc4ccccc4)C(=O)OC)c3)cc2)O1)C1CCCC1. The lowest BCUT2D eigenvalue weighted by Crippen LogP contribution is -2.47. The number of rotatable bonds is 15. The highest BCUT2D eigenvalue weighted by molar-refractivity contribution is 5.83. The second-order valence-electron chi connectivity index (χ2n) is 13.9. The molecular formula is C44H51N3O6. The van der Waals surface area contributed by atoms with Crippen LogP contribution in [-0.2, 0) is 38.6 Å². The van der Waals surface area contributed by atoms with Crippen molar-refractivity contribution in [2.45, 2.75) is 82.3 Å². The summed E-state index contributed by atoms with van der Waals surface area (Å²) in [5.74, 6) is -0.500. The van der Waals surface area contributed by atoms with Gasteiger partial charge in [0.2, 0.25) is 0 Å². The molecule has 53 heavy (non-hydrogen) atoms. The number of nitrogens with zero attached hydrogens (tertiary/aromatic N) is 1. The van der Waals surface area contributed by atoms with Gasteiger partial charge in [0.25, 0.3) is 0 Å². The largest absolute Gasteiger partial charge is 0.467 e. The van der Waals surface area contributed by atoms with Crippen LogP contribution in [0.3, 0.4) is 0 Å². The van der Waals surface area contributed by atoms with E-state index < -0.39 is 24.3 Å². The topological polar surface area (TPSA) is 109 Å². The van der Waals surface area contributed by atoms with Crippen molar-refractivity contribution in [1.82, 2.24) is 15.5 Å². The molecular weight excluding hydrogens is 666 g/mol. The van der Waals surface area contributed by atoms with Gasteiger partial charge < -0.3 is 30.0 Å². The van der Waals surface area contributed by atoms with E-state index in [-0.39, 0.29) is 25.4 Å². The van der Waals surface area contributed by atoms with Gasteiger partial charge in [-0.05, 0) is 52.3 Å². The number of benzene rings is 4. The number of esters is 1. The van der Waals surface area contributed by atoms with Gasteiger partial charge in [-0.2, -0.15) is 0 Å². The maximum Gasteiger partial charge on any atom is 0.328 e. The second kappa shape index (κ2) is 18.8. The van der Waals surface area contributed by atoms with E-state index in [4.69, 9.17) is 14.2 Å². The van der Waals surface area contributed by atoms with Gasteiger partial charge in [0, 0.05) is 44.1 Å². The van der Waals surface area contributed by atoms with Crippen molar-refractivity contribution in [3.63, 3.8) is 0 Å². The van der Waals surface area contributed by atoms with Gasteiger partial charge in [-0.25, -0.2) is 9.59 Å². The summed E-state index contributed by atoms with van der Waals surface area (Å²) in [6.07, 6.45) is 7.30. The number of carbonyl (C=O) groups excluding carboxylic acids is 2. The van der Waals surface area contributed by atoms with Crippen LogP contribution in [0.15, 0.2) is 116 Å². The highest BCUT2D eigenvalue weighted by atomic mass is 16.7. The Morgan fingerprint density at radius 2 is 1.60 bits per heavy atom. The summed E-state index contributed by atoms with van der Waals surface area (Å²) >= 11 is 0. The number of carbonyl (C=O) groups is 2. The summed E-state index contributed by atoms with van der Waals surface area (Å²) < 4.78 is 18.3. The van der Waals surface area contributed by atoms with E-state index in [2.05, 4.69) is 46.4 Å². The Kier molecular flexibility index (Phi) is 13.5. The van der Waals surface area contributed by atoms with Crippen LogP contribution in [0, 0.1) is 0 Å². The molecule has 2 aliphatic rings. The lowest BCUT2D eigenvalue weighted by atomic mass is 9.98. The second-order valence-corrected chi connectivity index (χ2v) is 13.9. The van der Waals surface area contributed by atoms with Crippen LogP contribution in [0.2, 0.25) is 0 Å². The molecule has 0 unspecified atom stereocenters. The van der Waals surface area contributed by atoms with E-state index in [1.54, 1.807) is 0 Å². The third kappa shape index (κ3) is 10.4. The van der Waals surface area contributed by atoms with E-state index >= 15 is 0 Å². The average Bonchev–Trinajstić information content (AvgIpc) is 3.75. The predicted octanol–water partition coefficient (Wildman–Crippen LogP) is 7.41. The van der Waals surface area contributed by atoms with E-state index in [0.717, 1.165) is 58.5 Å². The van der Waals surface area contributed by atoms with Crippen molar-refractivity contribution in [2.75, 3.05) is 20.2 Å². The number of hydrogen-bond donors (Lipinski definition) is 3. The fraction of sp³-hybridized carbons (Fsp3) is 0.364. The molecule has 2 fully saturated rings. The van der Waals surface area contributed by atoms with E-state index in [1.165, 1.54) is 32.8 Å². The Balaban J connectivity index is 1.12. The van der Waals surface area contributed by atoms with Crippen molar-refractivity contribution >= 4 is 12.0 Å². The molecule has 1 aliphatic heterocycles. The quantitative estimate of drug-likeness (QED) is 0.0869. The molecule has 9 heteroatoms. The first kappa shape index (κ1) is 37.9.